The first kappa shape index (κ1) is 21.7. The minimum absolute atomic E-state index is 0.0213. The van der Waals surface area contributed by atoms with Crippen LogP contribution in [0.25, 0.3) is 0 Å². The minimum Gasteiger partial charge on any atom is -0.495 e. The Bertz CT molecular complexity index is 925. The lowest BCUT2D eigenvalue weighted by molar-refractivity contribution is -0.114. The second-order valence-electron chi connectivity index (χ2n) is 6.54. The van der Waals surface area contributed by atoms with Gasteiger partial charge in [-0.25, -0.2) is 8.42 Å². The van der Waals surface area contributed by atoms with Crippen LogP contribution in [0, 0.1) is 0 Å². The number of methoxy groups -OCH3 is 1. The van der Waals surface area contributed by atoms with E-state index < -0.39 is 10.0 Å². The van der Waals surface area contributed by atoms with E-state index in [4.69, 9.17) is 4.74 Å². The maximum Gasteiger partial charge on any atom is 0.247 e. The molecule has 0 radical (unpaired) electrons. The lowest BCUT2D eigenvalue weighted by Gasteiger charge is -2.23. The van der Waals surface area contributed by atoms with Gasteiger partial charge in [0.05, 0.1) is 7.11 Å². The van der Waals surface area contributed by atoms with Gasteiger partial charge in [-0.15, -0.1) is 0 Å². The summed E-state index contributed by atoms with van der Waals surface area (Å²) in [5.74, 6) is -0.0441. The van der Waals surface area contributed by atoms with Crippen molar-refractivity contribution in [1.29, 1.82) is 0 Å². The summed E-state index contributed by atoms with van der Waals surface area (Å²) in [6.07, 6.45) is 0. The molecule has 1 N–H and O–H groups in total. The highest BCUT2D eigenvalue weighted by Crippen LogP contribution is 2.30. The average molecular weight is 406 g/mol. The van der Waals surface area contributed by atoms with Crippen LogP contribution in [0.1, 0.15) is 19.4 Å². The van der Waals surface area contributed by atoms with Crippen LogP contribution in [0.15, 0.2) is 47.4 Å². The van der Waals surface area contributed by atoms with Crippen LogP contribution in [-0.4, -0.2) is 46.4 Å². The number of amides is 1. The number of hydrogen-bond donors (Lipinski definition) is 1. The molecule has 0 aromatic heterocycles. The Morgan fingerprint density at radius 1 is 1.11 bits per heavy atom. The van der Waals surface area contributed by atoms with E-state index in [1.807, 2.05) is 43.3 Å². The van der Waals surface area contributed by atoms with Gasteiger partial charge in [0.2, 0.25) is 15.9 Å². The van der Waals surface area contributed by atoms with Gasteiger partial charge in [-0.2, -0.15) is 4.31 Å². The van der Waals surface area contributed by atoms with Gasteiger partial charge in [0.25, 0.3) is 0 Å². The first-order valence-electron chi connectivity index (χ1n) is 8.91. The van der Waals surface area contributed by atoms with Crippen LogP contribution < -0.4 is 15.0 Å². The van der Waals surface area contributed by atoms with Crippen molar-refractivity contribution in [1.82, 2.24) is 4.31 Å². The van der Waals surface area contributed by atoms with Gasteiger partial charge < -0.3 is 15.0 Å². The highest BCUT2D eigenvalue weighted by atomic mass is 32.2. The van der Waals surface area contributed by atoms with Gasteiger partial charge in [0.1, 0.15) is 10.6 Å². The maximum atomic E-state index is 13.3. The van der Waals surface area contributed by atoms with Crippen molar-refractivity contribution in [2.45, 2.75) is 25.3 Å². The van der Waals surface area contributed by atoms with Gasteiger partial charge in [-0.05, 0) is 35.9 Å². The molecule has 0 spiro atoms. The fourth-order valence-corrected chi connectivity index (χ4v) is 4.39. The maximum absolute atomic E-state index is 13.3. The topological polar surface area (TPSA) is 79.0 Å². The lowest BCUT2D eigenvalue weighted by Crippen LogP contribution is -2.31. The Hall–Kier alpha value is -2.58. The Labute approximate surface area is 167 Å². The van der Waals surface area contributed by atoms with Crippen LogP contribution in [0.3, 0.4) is 0 Å². The molecule has 0 atom stereocenters. The zero-order valence-corrected chi connectivity index (χ0v) is 17.7. The molecular weight excluding hydrogens is 378 g/mol. The van der Waals surface area contributed by atoms with Crippen molar-refractivity contribution in [3.63, 3.8) is 0 Å². The molecule has 0 saturated carbocycles. The zero-order valence-electron chi connectivity index (χ0n) is 16.9. The molecule has 0 heterocycles. The highest BCUT2D eigenvalue weighted by Gasteiger charge is 2.27. The number of carbonyl (C=O) groups excluding carboxylic acids is 1. The molecule has 0 bridgehead atoms. The third-order valence-electron chi connectivity index (χ3n) is 4.27. The molecule has 0 unspecified atom stereocenters. The van der Waals surface area contributed by atoms with E-state index in [2.05, 4.69) is 5.32 Å². The number of ether oxygens (including phenoxy) is 1. The number of nitrogens with zero attached hydrogens (tertiary/aromatic N) is 2. The van der Waals surface area contributed by atoms with Gasteiger partial charge >= 0.3 is 0 Å². The number of benzene rings is 2. The van der Waals surface area contributed by atoms with Crippen LogP contribution in [-0.2, 0) is 21.4 Å². The molecule has 2 aromatic rings. The van der Waals surface area contributed by atoms with Gasteiger partial charge in [0.15, 0.2) is 0 Å². The third-order valence-corrected chi connectivity index (χ3v) is 6.21. The van der Waals surface area contributed by atoms with Crippen LogP contribution in [0.5, 0.6) is 5.75 Å². The fourth-order valence-electron chi connectivity index (χ4n) is 2.77. The first-order chi connectivity index (χ1) is 13.2. The number of nitrogens with one attached hydrogen (secondary N) is 1. The van der Waals surface area contributed by atoms with E-state index in [1.165, 1.54) is 30.5 Å². The molecule has 2 aromatic carbocycles. The van der Waals surface area contributed by atoms with E-state index >= 15 is 0 Å². The summed E-state index contributed by atoms with van der Waals surface area (Å²) >= 11 is 0. The van der Waals surface area contributed by atoms with Crippen molar-refractivity contribution in [2.24, 2.45) is 0 Å². The Morgan fingerprint density at radius 3 is 2.25 bits per heavy atom. The van der Waals surface area contributed by atoms with Gasteiger partial charge in [0, 0.05) is 45.5 Å². The molecule has 1 amide bonds. The number of hydrogen-bond acceptors (Lipinski definition) is 5. The molecule has 0 aliphatic heterocycles. The predicted octanol–water partition coefficient (Wildman–Crippen LogP) is 2.93. The molecule has 2 rings (SSSR count). The van der Waals surface area contributed by atoms with E-state index in [0.29, 0.717) is 12.2 Å². The second kappa shape index (κ2) is 9.07. The van der Waals surface area contributed by atoms with Crippen molar-refractivity contribution in [3.8, 4) is 5.75 Å². The van der Waals surface area contributed by atoms with Gasteiger partial charge in [-0.1, -0.05) is 19.1 Å². The van der Waals surface area contributed by atoms with E-state index in [9.17, 15) is 13.2 Å². The molecule has 152 valence electrons. The van der Waals surface area contributed by atoms with E-state index in [0.717, 1.165) is 11.3 Å². The molecule has 28 heavy (non-hydrogen) atoms. The first-order valence-corrected chi connectivity index (χ1v) is 10.3. The van der Waals surface area contributed by atoms with E-state index in [1.54, 1.807) is 13.0 Å². The quantitative estimate of drug-likeness (QED) is 0.731. The smallest absolute Gasteiger partial charge is 0.247 e. The molecule has 0 aliphatic carbocycles. The Kier molecular flexibility index (Phi) is 7.04. The van der Waals surface area contributed by atoms with Crippen molar-refractivity contribution < 1.29 is 17.9 Å². The number of sulfonamides is 1. The van der Waals surface area contributed by atoms with Crippen LogP contribution in [0.4, 0.5) is 11.4 Å². The van der Waals surface area contributed by atoms with Crippen molar-refractivity contribution in [2.75, 3.05) is 38.0 Å². The lowest BCUT2D eigenvalue weighted by atomic mass is 10.2. The Morgan fingerprint density at radius 2 is 1.75 bits per heavy atom. The summed E-state index contributed by atoms with van der Waals surface area (Å²) in [7, 11) is 1.49. The largest absolute Gasteiger partial charge is 0.495 e. The van der Waals surface area contributed by atoms with Crippen molar-refractivity contribution >= 4 is 27.3 Å². The normalized spacial score (nSPS) is 11.4. The predicted molar refractivity (Wildman–Crippen MR) is 111 cm³/mol. The molecule has 0 saturated heterocycles. The molecule has 0 fully saturated rings. The summed E-state index contributed by atoms with van der Waals surface area (Å²) in [5, 5.41) is 2.61. The molecular formula is C20H27N3O4S. The zero-order chi connectivity index (χ0) is 20.9. The Balaban J connectivity index is 2.38. The molecule has 7 nitrogen and oxygen atoms in total. The summed E-state index contributed by atoms with van der Waals surface area (Å²) < 4.78 is 33.2. The number of anilines is 2. The number of rotatable bonds is 8. The van der Waals surface area contributed by atoms with Crippen LogP contribution in [0.2, 0.25) is 0 Å². The average Bonchev–Trinajstić information content (AvgIpc) is 2.65. The highest BCUT2D eigenvalue weighted by molar-refractivity contribution is 7.89. The monoisotopic (exact) mass is 405 g/mol. The van der Waals surface area contributed by atoms with Crippen molar-refractivity contribution in [3.05, 3.63) is 48.0 Å². The second-order valence-corrected chi connectivity index (χ2v) is 8.45. The third kappa shape index (κ3) is 5.02. The summed E-state index contributed by atoms with van der Waals surface area (Å²) in [4.78, 5) is 13.3. The molecule has 0 aliphatic rings. The van der Waals surface area contributed by atoms with Gasteiger partial charge in [-0.3, -0.25) is 4.79 Å². The van der Waals surface area contributed by atoms with E-state index in [-0.39, 0.29) is 23.1 Å². The minimum atomic E-state index is -3.83. The summed E-state index contributed by atoms with van der Waals surface area (Å²) in [6, 6.07) is 12.3. The number of carbonyl (C=O) groups is 1. The fraction of sp³-hybridized carbons (Fsp3) is 0.350. The summed E-state index contributed by atoms with van der Waals surface area (Å²) in [5.41, 5.74) is 2.32. The standard InChI is InChI=1S/C20H27N3O4S/c1-6-23(14-16-7-10-18(11-8-16)22(3)4)28(25,26)20-13-17(21-15(2)24)9-12-19(20)27-5/h7-13H,6,14H2,1-5H3,(H,21,24). The molecule has 8 heteroatoms. The SMILES string of the molecule is CCN(Cc1ccc(N(C)C)cc1)S(=O)(=O)c1cc(NC(C)=O)ccc1OC. The summed E-state index contributed by atoms with van der Waals surface area (Å²) in [6.45, 7) is 3.69. The van der Waals surface area contributed by atoms with Crippen LogP contribution >= 0.6 is 0 Å².